The van der Waals surface area contributed by atoms with Gasteiger partial charge in [0.2, 0.25) is 0 Å². The highest BCUT2D eigenvalue weighted by Gasteiger charge is 2.15. The van der Waals surface area contributed by atoms with Gasteiger partial charge in [-0.3, -0.25) is 4.79 Å². The van der Waals surface area contributed by atoms with E-state index in [1.54, 1.807) is 6.92 Å². The van der Waals surface area contributed by atoms with Crippen molar-refractivity contribution in [2.75, 3.05) is 11.9 Å². The van der Waals surface area contributed by atoms with Crippen LogP contribution in [0.3, 0.4) is 0 Å². The molecule has 98 valence electrons. The Labute approximate surface area is 107 Å². The Balaban J connectivity index is 2.01. The average Bonchev–Trinajstić information content (AvgIpc) is 2.74. The highest BCUT2D eigenvalue weighted by atomic mass is 16.3. The van der Waals surface area contributed by atoms with Crippen LogP contribution in [0.2, 0.25) is 0 Å². The number of amides is 1. The fraction of sp³-hybridized carbons (Fsp3) is 0.500. The van der Waals surface area contributed by atoms with Gasteiger partial charge in [0.25, 0.3) is 5.91 Å². The number of fused-ring (bicyclic) bond motifs is 1. The lowest BCUT2D eigenvalue weighted by atomic mass is 10.1. The first kappa shape index (κ1) is 12.9. The Morgan fingerprint density at radius 3 is 3.00 bits per heavy atom. The van der Waals surface area contributed by atoms with Gasteiger partial charge in [-0.25, -0.2) is 0 Å². The van der Waals surface area contributed by atoms with Crippen LogP contribution in [0.4, 0.5) is 5.69 Å². The van der Waals surface area contributed by atoms with Crippen LogP contribution in [0.5, 0.6) is 0 Å². The molecule has 4 heteroatoms. The minimum atomic E-state index is -0.399. The predicted octanol–water partition coefficient (Wildman–Crippen LogP) is 1.54. The van der Waals surface area contributed by atoms with Crippen molar-refractivity contribution in [2.45, 2.75) is 38.8 Å². The van der Waals surface area contributed by atoms with Gasteiger partial charge in [-0.15, -0.1) is 0 Å². The second kappa shape index (κ2) is 5.40. The van der Waals surface area contributed by atoms with Crippen LogP contribution >= 0.6 is 0 Å². The summed E-state index contributed by atoms with van der Waals surface area (Å²) >= 11 is 0. The van der Waals surface area contributed by atoms with Crippen molar-refractivity contribution in [3.05, 3.63) is 29.3 Å². The SMILES string of the molecule is CC(O)CC(C)NC(=O)c1ccc2c(c1)CCN2. The number of carbonyl (C=O) groups excluding carboxylic acids is 1. The first-order valence-electron chi connectivity index (χ1n) is 6.42. The molecule has 0 spiro atoms. The minimum absolute atomic E-state index is 0.0242. The summed E-state index contributed by atoms with van der Waals surface area (Å²) in [5.41, 5.74) is 3.02. The number of anilines is 1. The summed E-state index contributed by atoms with van der Waals surface area (Å²) in [6.07, 6.45) is 1.14. The van der Waals surface area contributed by atoms with Gasteiger partial charge in [0, 0.05) is 23.8 Å². The summed E-state index contributed by atoms with van der Waals surface area (Å²) in [7, 11) is 0. The van der Waals surface area contributed by atoms with E-state index < -0.39 is 6.10 Å². The fourth-order valence-corrected chi connectivity index (χ4v) is 2.32. The van der Waals surface area contributed by atoms with Crippen LogP contribution in [0.25, 0.3) is 0 Å². The monoisotopic (exact) mass is 248 g/mol. The van der Waals surface area contributed by atoms with Crippen molar-refractivity contribution < 1.29 is 9.90 Å². The zero-order valence-electron chi connectivity index (χ0n) is 10.9. The van der Waals surface area contributed by atoms with Crippen LogP contribution < -0.4 is 10.6 Å². The Hall–Kier alpha value is -1.55. The van der Waals surface area contributed by atoms with E-state index in [9.17, 15) is 9.90 Å². The number of hydrogen-bond donors (Lipinski definition) is 3. The summed E-state index contributed by atoms with van der Waals surface area (Å²) < 4.78 is 0. The zero-order chi connectivity index (χ0) is 13.1. The van der Waals surface area contributed by atoms with E-state index in [0.717, 1.165) is 18.7 Å². The normalized spacial score (nSPS) is 16.6. The van der Waals surface area contributed by atoms with Gasteiger partial charge in [-0.1, -0.05) is 0 Å². The zero-order valence-corrected chi connectivity index (χ0v) is 10.9. The number of hydrogen-bond acceptors (Lipinski definition) is 3. The maximum absolute atomic E-state index is 12.0. The van der Waals surface area contributed by atoms with Gasteiger partial charge in [0.05, 0.1) is 6.10 Å². The molecule has 1 aliphatic rings. The highest BCUT2D eigenvalue weighted by Crippen LogP contribution is 2.22. The molecule has 0 saturated carbocycles. The molecule has 3 N–H and O–H groups in total. The second-order valence-electron chi connectivity index (χ2n) is 5.01. The van der Waals surface area contributed by atoms with E-state index in [1.165, 1.54) is 5.56 Å². The number of aliphatic hydroxyl groups excluding tert-OH is 1. The number of nitrogens with one attached hydrogen (secondary N) is 2. The molecule has 0 bridgehead atoms. The van der Waals surface area contributed by atoms with E-state index in [2.05, 4.69) is 10.6 Å². The third-order valence-corrected chi connectivity index (χ3v) is 3.15. The maximum atomic E-state index is 12.0. The predicted molar refractivity (Wildman–Crippen MR) is 71.9 cm³/mol. The molecular formula is C14H20N2O2. The van der Waals surface area contributed by atoms with Crippen molar-refractivity contribution in [2.24, 2.45) is 0 Å². The van der Waals surface area contributed by atoms with Crippen LogP contribution in [0.1, 0.15) is 36.2 Å². The lowest BCUT2D eigenvalue weighted by molar-refractivity contribution is 0.0923. The van der Waals surface area contributed by atoms with Gasteiger partial charge in [0.1, 0.15) is 0 Å². The lowest BCUT2D eigenvalue weighted by Gasteiger charge is -2.15. The molecular weight excluding hydrogens is 228 g/mol. The molecule has 1 aliphatic heterocycles. The average molecular weight is 248 g/mol. The quantitative estimate of drug-likeness (QED) is 0.757. The lowest BCUT2D eigenvalue weighted by Crippen LogP contribution is -2.34. The maximum Gasteiger partial charge on any atom is 0.251 e. The summed E-state index contributed by atoms with van der Waals surface area (Å²) in [6, 6.07) is 5.71. The second-order valence-corrected chi connectivity index (χ2v) is 5.01. The fourth-order valence-electron chi connectivity index (χ4n) is 2.32. The summed E-state index contributed by atoms with van der Waals surface area (Å²) in [5.74, 6) is -0.0714. The molecule has 2 atom stereocenters. The van der Waals surface area contributed by atoms with Crippen molar-refractivity contribution in [1.82, 2.24) is 5.32 Å². The molecule has 18 heavy (non-hydrogen) atoms. The molecule has 1 aromatic rings. The topological polar surface area (TPSA) is 61.4 Å². The molecule has 0 saturated heterocycles. The van der Waals surface area contributed by atoms with E-state index in [-0.39, 0.29) is 11.9 Å². The van der Waals surface area contributed by atoms with E-state index in [4.69, 9.17) is 0 Å². The number of carbonyl (C=O) groups is 1. The van der Waals surface area contributed by atoms with Gasteiger partial charge >= 0.3 is 0 Å². The molecule has 4 nitrogen and oxygen atoms in total. The smallest absolute Gasteiger partial charge is 0.251 e. The molecule has 0 radical (unpaired) electrons. The van der Waals surface area contributed by atoms with Crippen molar-refractivity contribution in [3.8, 4) is 0 Å². The van der Waals surface area contributed by atoms with E-state index >= 15 is 0 Å². The molecule has 1 aromatic carbocycles. The van der Waals surface area contributed by atoms with Crippen molar-refractivity contribution in [1.29, 1.82) is 0 Å². The van der Waals surface area contributed by atoms with Gasteiger partial charge in [-0.2, -0.15) is 0 Å². The Kier molecular flexibility index (Phi) is 3.87. The minimum Gasteiger partial charge on any atom is -0.393 e. The van der Waals surface area contributed by atoms with Crippen molar-refractivity contribution in [3.63, 3.8) is 0 Å². The Bertz CT molecular complexity index is 443. The molecule has 2 rings (SSSR count). The number of aliphatic hydroxyl groups is 1. The molecule has 0 aromatic heterocycles. The van der Waals surface area contributed by atoms with Gasteiger partial charge in [0.15, 0.2) is 0 Å². The Morgan fingerprint density at radius 2 is 2.28 bits per heavy atom. The molecule has 0 fully saturated rings. The van der Waals surface area contributed by atoms with Crippen LogP contribution in [-0.4, -0.2) is 29.7 Å². The summed E-state index contributed by atoms with van der Waals surface area (Å²) in [4.78, 5) is 12.0. The third-order valence-electron chi connectivity index (χ3n) is 3.15. The first-order valence-corrected chi connectivity index (χ1v) is 6.42. The molecule has 1 amide bonds. The van der Waals surface area contributed by atoms with Gasteiger partial charge in [-0.05, 0) is 50.5 Å². The highest BCUT2D eigenvalue weighted by molar-refractivity contribution is 5.95. The first-order chi connectivity index (χ1) is 8.56. The Morgan fingerprint density at radius 1 is 1.50 bits per heavy atom. The molecule has 2 unspecified atom stereocenters. The van der Waals surface area contributed by atoms with Crippen LogP contribution in [-0.2, 0) is 6.42 Å². The van der Waals surface area contributed by atoms with E-state index in [1.807, 2.05) is 25.1 Å². The van der Waals surface area contributed by atoms with Gasteiger partial charge < -0.3 is 15.7 Å². The third kappa shape index (κ3) is 3.01. The number of rotatable bonds is 4. The molecule has 0 aliphatic carbocycles. The van der Waals surface area contributed by atoms with E-state index in [0.29, 0.717) is 12.0 Å². The largest absolute Gasteiger partial charge is 0.393 e. The number of benzene rings is 1. The van der Waals surface area contributed by atoms with Crippen LogP contribution in [0, 0.1) is 0 Å². The molecule has 1 heterocycles. The van der Waals surface area contributed by atoms with Crippen molar-refractivity contribution >= 4 is 11.6 Å². The van der Waals surface area contributed by atoms with Crippen LogP contribution in [0.15, 0.2) is 18.2 Å². The summed E-state index contributed by atoms with van der Waals surface area (Å²) in [5, 5.41) is 15.4. The summed E-state index contributed by atoms with van der Waals surface area (Å²) in [6.45, 7) is 4.57. The standard InChI is InChI=1S/C14H20N2O2/c1-9(7-10(2)17)16-14(18)12-3-4-13-11(8-12)5-6-15-13/h3-4,8-10,15,17H,5-7H2,1-2H3,(H,16,18).